The first-order valence-corrected chi connectivity index (χ1v) is 5.12. The molecule has 0 aromatic carbocycles. The van der Waals surface area contributed by atoms with Gasteiger partial charge in [-0.25, -0.2) is 4.98 Å². The summed E-state index contributed by atoms with van der Waals surface area (Å²) in [4.78, 5) is 14.0. The first-order valence-electron chi connectivity index (χ1n) is 4.74. The van der Waals surface area contributed by atoms with Crippen molar-refractivity contribution < 1.29 is 4.92 Å². The molecule has 1 aromatic rings. The van der Waals surface area contributed by atoms with E-state index in [4.69, 9.17) is 17.3 Å². The van der Waals surface area contributed by atoms with Gasteiger partial charge in [-0.2, -0.15) is 0 Å². The Morgan fingerprint density at radius 1 is 1.69 bits per heavy atom. The van der Waals surface area contributed by atoms with Crippen LogP contribution in [0.4, 0.5) is 5.69 Å². The van der Waals surface area contributed by atoms with E-state index < -0.39 is 4.92 Å². The Morgan fingerprint density at radius 2 is 2.38 bits per heavy atom. The summed E-state index contributed by atoms with van der Waals surface area (Å²) >= 11 is 5.66. The lowest BCUT2D eigenvalue weighted by Crippen LogP contribution is -1.97. The van der Waals surface area contributed by atoms with Gasteiger partial charge in [0.15, 0.2) is 0 Å². The summed E-state index contributed by atoms with van der Waals surface area (Å²) in [6.07, 6.45) is 4.33. The highest BCUT2D eigenvalue weighted by Gasteiger charge is 2.15. The molecule has 0 amide bonds. The predicted octanol–water partition coefficient (Wildman–Crippen LogP) is 2.31. The van der Waals surface area contributed by atoms with Crippen molar-refractivity contribution in [1.29, 1.82) is 0 Å². The number of nitrogens with zero attached hydrogens (tertiary/aromatic N) is 2. The lowest BCUT2D eigenvalue weighted by atomic mass is 10.1. The molecule has 0 radical (unpaired) electrons. The summed E-state index contributed by atoms with van der Waals surface area (Å²) in [6.45, 7) is 2.29. The second-order valence-electron chi connectivity index (χ2n) is 3.21. The molecule has 5 nitrogen and oxygen atoms in total. The van der Waals surface area contributed by atoms with Gasteiger partial charge in [0.05, 0.1) is 4.92 Å². The van der Waals surface area contributed by atoms with E-state index in [0.717, 1.165) is 6.42 Å². The van der Waals surface area contributed by atoms with Crippen LogP contribution in [0.25, 0.3) is 6.08 Å². The Balaban J connectivity index is 3.09. The molecular formula is C10H12ClN3O2. The fourth-order valence-corrected chi connectivity index (χ4v) is 1.43. The van der Waals surface area contributed by atoms with Crippen LogP contribution in [0.1, 0.15) is 17.7 Å². The molecule has 0 aliphatic rings. The van der Waals surface area contributed by atoms with Crippen LogP contribution in [-0.2, 0) is 0 Å². The van der Waals surface area contributed by atoms with Gasteiger partial charge < -0.3 is 5.73 Å². The Kier molecular flexibility index (Phi) is 4.39. The molecule has 0 spiro atoms. The molecule has 0 bridgehead atoms. The van der Waals surface area contributed by atoms with E-state index >= 15 is 0 Å². The largest absolute Gasteiger partial charge is 0.330 e. The molecule has 0 fully saturated rings. The molecule has 0 atom stereocenters. The van der Waals surface area contributed by atoms with Crippen LogP contribution >= 0.6 is 11.6 Å². The van der Waals surface area contributed by atoms with Crippen LogP contribution in [0.5, 0.6) is 0 Å². The van der Waals surface area contributed by atoms with Crippen molar-refractivity contribution in [2.45, 2.75) is 13.3 Å². The third-order valence-electron chi connectivity index (χ3n) is 2.01. The van der Waals surface area contributed by atoms with Crippen LogP contribution in [0.15, 0.2) is 12.1 Å². The molecule has 0 aliphatic carbocycles. The number of aryl methyl sites for hydroxylation is 1. The Morgan fingerprint density at radius 3 is 2.94 bits per heavy atom. The molecule has 0 saturated heterocycles. The zero-order valence-corrected chi connectivity index (χ0v) is 9.57. The monoisotopic (exact) mass is 241 g/mol. The van der Waals surface area contributed by atoms with Gasteiger partial charge in [-0.15, -0.1) is 0 Å². The Bertz CT molecular complexity index is 432. The minimum absolute atomic E-state index is 0.0847. The third-order valence-corrected chi connectivity index (χ3v) is 2.29. The minimum atomic E-state index is -0.547. The fraction of sp³-hybridized carbons (Fsp3) is 0.300. The van der Waals surface area contributed by atoms with Crippen molar-refractivity contribution in [2.75, 3.05) is 6.54 Å². The second-order valence-corrected chi connectivity index (χ2v) is 3.57. The van der Waals surface area contributed by atoms with Gasteiger partial charge in [-0.05, 0) is 19.9 Å². The number of nitro groups is 1. The first kappa shape index (κ1) is 12.6. The molecule has 1 heterocycles. The third kappa shape index (κ3) is 3.01. The van der Waals surface area contributed by atoms with Crippen molar-refractivity contribution in [1.82, 2.24) is 4.98 Å². The topological polar surface area (TPSA) is 82.0 Å². The van der Waals surface area contributed by atoms with Crippen LogP contribution in [0.2, 0.25) is 5.15 Å². The molecule has 16 heavy (non-hydrogen) atoms. The van der Waals surface area contributed by atoms with E-state index in [0.29, 0.717) is 17.8 Å². The highest BCUT2D eigenvalue weighted by Crippen LogP contribution is 2.25. The highest BCUT2D eigenvalue weighted by atomic mass is 35.5. The van der Waals surface area contributed by atoms with Crippen LogP contribution < -0.4 is 5.73 Å². The summed E-state index contributed by atoms with van der Waals surface area (Å²) in [5, 5.41) is 10.6. The second kappa shape index (κ2) is 5.58. The number of hydrogen-bond donors (Lipinski definition) is 1. The molecule has 0 aliphatic heterocycles. The molecule has 86 valence electrons. The van der Waals surface area contributed by atoms with Crippen molar-refractivity contribution in [3.05, 3.63) is 38.7 Å². The maximum absolute atomic E-state index is 10.7. The Hall–Kier alpha value is -1.46. The van der Waals surface area contributed by atoms with Gasteiger partial charge in [0.1, 0.15) is 0 Å². The number of rotatable bonds is 4. The maximum atomic E-state index is 10.7. The normalized spacial score (nSPS) is 10.9. The SMILES string of the molecule is Cc1nc(Cl)c([N+](=O)[O-])cc1C=CCCN. The smallest absolute Gasteiger partial charge is 0.307 e. The lowest BCUT2D eigenvalue weighted by Gasteiger charge is -2.01. The number of hydrogen-bond acceptors (Lipinski definition) is 4. The summed E-state index contributed by atoms with van der Waals surface area (Å²) in [7, 11) is 0. The number of halogens is 1. The van der Waals surface area contributed by atoms with E-state index in [1.807, 2.05) is 6.08 Å². The van der Waals surface area contributed by atoms with E-state index in [1.165, 1.54) is 6.07 Å². The van der Waals surface area contributed by atoms with Gasteiger partial charge >= 0.3 is 5.69 Å². The first-order chi connectivity index (χ1) is 7.56. The Labute approximate surface area is 98.1 Å². The highest BCUT2D eigenvalue weighted by molar-refractivity contribution is 6.31. The van der Waals surface area contributed by atoms with E-state index in [9.17, 15) is 10.1 Å². The molecule has 1 rings (SSSR count). The van der Waals surface area contributed by atoms with Crippen LogP contribution in [0, 0.1) is 17.0 Å². The van der Waals surface area contributed by atoms with Gasteiger partial charge in [0, 0.05) is 17.3 Å². The lowest BCUT2D eigenvalue weighted by molar-refractivity contribution is -0.385. The van der Waals surface area contributed by atoms with Gasteiger partial charge in [-0.1, -0.05) is 23.8 Å². The molecule has 6 heteroatoms. The standard InChI is InChI=1S/C10H12ClN3O2/c1-7-8(4-2-3-5-12)6-9(14(15)16)10(11)13-7/h2,4,6H,3,5,12H2,1H3. The number of aromatic nitrogens is 1. The van der Waals surface area contributed by atoms with Crippen molar-refractivity contribution in [3.63, 3.8) is 0 Å². The van der Waals surface area contributed by atoms with E-state index in [-0.39, 0.29) is 10.8 Å². The predicted molar refractivity (Wildman–Crippen MR) is 63.3 cm³/mol. The zero-order chi connectivity index (χ0) is 12.1. The zero-order valence-electron chi connectivity index (χ0n) is 8.81. The van der Waals surface area contributed by atoms with E-state index in [2.05, 4.69) is 4.98 Å². The maximum Gasteiger partial charge on any atom is 0.307 e. The van der Waals surface area contributed by atoms with Gasteiger partial charge in [0.25, 0.3) is 0 Å². The van der Waals surface area contributed by atoms with Crippen molar-refractivity contribution in [3.8, 4) is 0 Å². The molecule has 1 aromatic heterocycles. The minimum Gasteiger partial charge on any atom is -0.330 e. The average molecular weight is 242 g/mol. The molecule has 0 unspecified atom stereocenters. The van der Waals surface area contributed by atoms with E-state index in [1.54, 1.807) is 13.0 Å². The summed E-state index contributed by atoms with van der Waals surface area (Å²) in [5.74, 6) is 0. The van der Waals surface area contributed by atoms with Crippen LogP contribution in [-0.4, -0.2) is 16.5 Å². The average Bonchev–Trinajstić information content (AvgIpc) is 2.21. The molecule has 2 N–H and O–H groups in total. The fourth-order valence-electron chi connectivity index (χ4n) is 1.18. The summed E-state index contributed by atoms with van der Waals surface area (Å²) < 4.78 is 0. The van der Waals surface area contributed by atoms with Gasteiger partial charge in [-0.3, -0.25) is 10.1 Å². The van der Waals surface area contributed by atoms with Crippen LogP contribution in [0.3, 0.4) is 0 Å². The molecule has 0 saturated carbocycles. The quantitative estimate of drug-likeness (QED) is 0.498. The molecular weight excluding hydrogens is 230 g/mol. The summed E-state index contributed by atoms with van der Waals surface area (Å²) in [5.41, 5.74) is 6.50. The van der Waals surface area contributed by atoms with Gasteiger partial charge in [0.2, 0.25) is 5.15 Å². The van der Waals surface area contributed by atoms with Crippen molar-refractivity contribution >= 4 is 23.4 Å². The summed E-state index contributed by atoms with van der Waals surface area (Å²) in [6, 6.07) is 1.41. The number of pyridine rings is 1. The number of nitrogens with two attached hydrogens (primary N) is 1. The van der Waals surface area contributed by atoms with Crippen molar-refractivity contribution in [2.24, 2.45) is 5.73 Å².